The maximum atomic E-state index is 11.9. The third-order valence-corrected chi connectivity index (χ3v) is 4.35. The van der Waals surface area contributed by atoms with Gasteiger partial charge in [-0.3, -0.25) is 0 Å². The van der Waals surface area contributed by atoms with Crippen molar-refractivity contribution < 1.29 is 19.4 Å². The van der Waals surface area contributed by atoms with E-state index in [-0.39, 0.29) is 6.61 Å². The Morgan fingerprint density at radius 1 is 1.15 bits per heavy atom. The number of aromatic nitrogens is 1. The van der Waals surface area contributed by atoms with Crippen LogP contribution in [0.3, 0.4) is 0 Å². The summed E-state index contributed by atoms with van der Waals surface area (Å²) in [6, 6.07) is 13.4. The van der Waals surface area contributed by atoms with Gasteiger partial charge < -0.3 is 19.5 Å². The first-order valence-electron chi connectivity index (χ1n) is 8.88. The lowest BCUT2D eigenvalue weighted by Gasteiger charge is -2.27. The highest BCUT2D eigenvalue weighted by Crippen LogP contribution is 2.14. The average Bonchev–Trinajstić information content (AvgIpc) is 2.72. The number of aliphatic hydroxyl groups excluding tert-OH is 1. The smallest absolute Gasteiger partial charge is 0.335 e. The van der Waals surface area contributed by atoms with Crippen LogP contribution in [0, 0.1) is 0 Å². The molecule has 1 aliphatic heterocycles. The Balaban J connectivity index is 1.43. The zero-order valence-corrected chi connectivity index (χ0v) is 14.7. The predicted octanol–water partition coefficient (Wildman–Crippen LogP) is 1.96. The second kappa shape index (κ2) is 9.31. The highest BCUT2D eigenvalue weighted by atomic mass is 16.5. The third-order valence-electron chi connectivity index (χ3n) is 4.35. The molecule has 1 N–H and O–H groups in total. The number of aryl methyl sites for hydroxylation is 1. The summed E-state index contributed by atoms with van der Waals surface area (Å²) in [5, 5.41) is 10.00. The fourth-order valence-electron chi connectivity index (χ4n) is 2.79. The van der Waals surface area contributed by atoms with Gasteiger partial charge in [0.05, 0.1) is 13.2 Å². The summed E-state index contributed by atoms with van der Waals surface area (Å²) in [4.78, 5) is 18.5. The summed E-state index contributed by atoms with van der Waals surface area (Å²) in [5.74, 6) is 0.339. The minimum absolute atomic E-state index is 0.173. The van der Waals surface area contributed by atoms with Crippen LogP contribution in [-0.4, -0.2) is 48.5 Å². The van der Waals surface area contributed by atoms with Gasteiger partial charge in [0.25, 0.3) is 0 Å². The largest absolute Gasteiger partial charge is 0.459 e. The van der Waals surface area contributed by atoms with E-state index in [0.717, 1.165) is 43.2 Å². The highest BCUT2D eigenvalue weighted by molar-refractivity contribution is 5.74. The SMILES string of the molecule is O=C(OCc1ccccc1)[C@H](O)CCc1ccc(N2CCOCC2)nc1. The molecule has 138 valence electrons. The molecule has 0 spiro atoms. The molecule has 1 atom stereocenters. The molecule has 0 aliphatic carbocycles. The van der Waals surface area contributed by atoms with Crippen molar-refractivity contribution in [1.29, 1.82) is 0 Å². The molecule has 1 aromatic heterocycles. The Morgan fingerprint density at radius 3 is 2.62 bits per heavy atom. The number of rotatable bonds is 7. The monoisotopic (exact) mass is 356 g/mol. The van der Waals surface area contributed by atoms with Gasteiger partial charge in [-0.05, 0) is 30.0 Å². The molecule has 0 radical (unpaired) electrons. The van der Waals surface area contributed by atoms with E-state index in [9.17, 15) is 9.90 Å². The number of benzene rings is 1. The third kappa shape index (κ3) is 5.28. The Labute approximate surface area is 153 Å². The number of carbonyl (C=O) groups excluding carboxylic acids is 1. The number of aliphatic hydroxyl groups is 1. The van der Waals surface area contributed by atoms with Crippen molar-refractivity contribution in [2.24, 2.45) is 0 Å². The molecule has 6 heteroatoms. The molecule has 0 unspecified atom stereocenters. The predicted molar refractivity (Wildman–Crippen MR) is 97.8 cm³/mol. The van der Waals surface area contributed by atoms with Gasteiger partial charge in [-0.2, -0.15) is 0 Å². The van der Waals surface area contributed by atoms with E-state index in [1.54, 1.807) is 6.20 Å². The molecule has 1 fully saturated rings. The van der Waals surface area contributed by atoms with Crippen LogP contribution in [0.2, 0.25) is 0 Å². The van der Waals surface area contributed by atoms with Crippen LogP contribution >= 0.6 is 0 Å². The van der Waals surface area contributed by atoms with Crippen molar-refractivity contribution in [3.8, 4) is 0 Å². The van der Waals surface area contributed by atoms with Gasteiger partial charge in [-0.15, -0.1) is 0 Å². The summed E-state index contributed by atoms with van der Waals surface area (Å²) >= 11 is 0. The number of pyridine rings is 1. The molecule has 3 rings (SSSR count). The van der Waals surface area contributed by atoms with Crippen molar-refractivity contribution in [3.63, 3.8) is 0 Å². The van der Waals surface area contributed by atoms with E-state index in [1.807, 2.05) is 42.5 Å². The average molecular weight is 356 g/mol. The van der Waals surface area contributed by atoms with E-state index in [2.05, 4.69) is 9.88 Å². The number of nitrogens with zero attached hydrogens (tertiary/aromatic N) is 2. The zero-order valence-electron chi connectivity index (χ0n) is 14.7. The Morgan fingerprint density at radius 2 is 1.92 bits per heavy atom. The first-order valence-corrected chi connectivity index (χ1v) is 8.88. The molecular formula is C20H24N2O4. The highest BCUT2D eigenvalue weighted by Gasteiger charge is 2.17. The van der Waals surface area contributed by atoms with Crippen LogP contribution in [0.4, 0.5) is 5.82 Å². The minimum atomic E-state index is -1.13. The van der Waals surface area contributed by atoms with Crippen LogP contribution in [0.1, 0.15) is 17.5 Å². The van der Waals surface area contributed by atoms with Crippen molar-refractivity contribution in [2.45, 2.75) is 25.6 Å². The van der Waals surface area contributed by atoms with Crippen molar-refractivity contribution in [1.82, 2.24) is 4.98 Å². The second-order valence-electron chi connectivity index (χ2n) is 6.27. The number of morpholine rings is 1. The lowest BCUT2D eigenvalue weighted by molar-refractivity contribution is -0.155. The minimum Gasteiger partial charge on any atom is -0.459 e. The number of hydrogen-bond acceptors (Lipinski definition) is 6. The lowest BCUT2D eigenvalue weighted by atomic mass is 10.1. The van der Waals surface area contributed by atoms with E-state index in [0.29, 0.717) is 12.8 Å². The molecule has 2 heterocycles. The maximum Gasteiger partial charge on any atom is 0.335 e. The van der Waals surface area contributed by atoms with Crippen LogP contribution in [-0.2, 0) is 27.3 Å². The van der Waals surface area contributed by atoms with Crippen molar-refractivity contribution >= 4 is 11.8 Å². The van der Waals surface area contributed by atoms with Crippen molar-refractivity contribution in [2.75, 3.05) is 31.2 Å². The number of ether oxygens (including phenoxy) is 2. The van der Waals surface area contributed by atoms with Crippen LogP contribution in [0.25, 0.3) is 0 Å². The summed E-state index contributed by atoms with van der Waals surface area (Å²) in [6.07, 6.45) is 1.55. The Bertz CT molecular complexity index is 685. The second-order valence-corrected chi connectivity index (χ2v) is 6.27. The van der Waals surface area contributed by atoms with Gasteiger partial charge >= 0.3 is 5.97 Å². The number of anilines is 1. The number of esters is 1. The van der Waals surface area contributed by atoms with Crippen LogP contribution < -0.4 is 4.90 Å². The van der Waals surface area contributed by atoms with E-state index in [1.165, 1.54) is 0 Å². The van der Waals surface area contributed by atoms with Gasteiger partial charge in [-0.1, -0.05) is 36.4 Å². The Hall–Kier alpha value is -2.44. The Kier molecular flexibility index (Phi) is 6.57. The molecule has 2 aromatic rings. The van der Waals surface area contributed by atoms with Crippen molar-refractivity contribution in [3.05, 3.63) is 59.8 Å². The van der Waals surface area contributed by atoms with Gasteiger partial charge in [0.1, 0.15) is 12.4 Å². The van der Waals surface area contributed by atoms with Crippen LogP contribution in [0.5, 0.6) is 0 Å². The van der Waals surface area contributed by atoms with E-state index in [4.69, 9.17) is 9.47 Å². The van der Waals surface area contributed by atoms with E-state index < -0.39 is 12.1 Å². The quantitative estimate of drug-likeness (QED) is 0.765. The molecule has 1 saturated heterocycles. The molecule has 6 nitrogen and oxygen atoms in total. The summed E-state index contributed by atoms with van der Waals surface area (Å²) in [7, 11) is 0. The molecule has 0 saturated carbocycles. The normalized spacial score (nSPS) is 15.5. The molecule has 0 amide bonds. The standard InChI is InChI=1S/C20H24N2O4/c23-18(20(24)26-15-17-4-2-1-3-5-17)8-6-16-7-9-19(21-14-16)22-10-12-25-13-11-22/h1-5,7,9,14,18,23H,6,8,10-13,15H2/t18-/m1/s1. The topological polar surface area (TPSA) is 71.9 Å². The summed E-state index contributed by atoms with van der Waals surface area (Å²) in [6.45, 7) is 3.31. The van der Waals surface area contributed by atoms with E-state index >= 15 is 0 Å². The van der Waals surface area contributed by atoms with Gasteiger partial charge in [-0.25, -0.2) is 9.78 Å². The van der Waals surface area contributed by atoms with Gasteiger partial charge in [0.2, 0.25) is 0 Å². The zero-order chi connectivity index (χ0) is 18.2. The molecular weight excluding hydrogens is 332 g/mol. The summed E-state index contributed by atoms with van der Waals surface area (Å²) in [5.41, 5.74) is 1.88. The molecule has 1 aliphatic rings. The summed E-state index contributed by atoms with van der Waals surface area (Å²) < 4.78 is 10.5. The fraction of sp³-hybridized carbons (Fsp3) is 0.400. The number of hydrogen-bond donors (Lipinski definition) is 1. The van der Waals surface area contributed by atoms with Gasteiger partial charge in [0, 0.05) is 19.3 Å². The first-order chi connectivity index (χ1) is 12.7. The molecule has 26 heavy (non-hydrogen) atoms. The van der Waals surface area contributed by atoms with Crippen LogP contribution in [0.15, 0.2) is 48.7 Å². The first kappa shape index (κ1) is 18.4. The lowest BCUT2D eigenvalue weighted by Crippen LogP contribution is -2.36. The maximum absolute atomic E-state index is 11.9. The number of carbonyl (C=O) groups is 1. The fourth-order valence-corrected chi connectivity index (χ4v) is 2.79. The van der Waals surface area contributed by atoms with Gasteiger partial charge in [0.15, 0.2) is 6.10 Å². The molecule has 0 bridgehead atoms. The molecule has 1 aromatic carbocycles.